The van der Waals surface area contributed by atoms with Crippen molar-refractivity contribution in [1.29, 1.82) is 0 Å². The first-order valence-corrected chi connectivity index (χ1v) is 7.54. The fraction of sp³-hybridized carbons (Fsp3) is 0.357. The number of hydrogen-bond donors (Lipinski definition) is 3. The highest BCUT2D eigenvalue weighted by atomic mass is 32.2. The van der Waals surface area contributed by atoms with Gasteiger partial charge in [0.25, 0.3) is 0 Å². The van der Waals surface area contributed by atoms with Gasteiger partial charge in [-0.15, -0.1) is 11.8 Å². The number of nitrogens with one attached hydrogen (secondary N) is 2. The van der Waals surface area contributed by atoms with Crippen molar-refractivity contribution in [3.8, 4) is 0 Å². The van der Waals surface area contributed by atoms with Crippen LogP contribution in [0, 0.1) is 5.92 Å². The van der Waals surface area contributed by atoms with Gasteiger partial charge >= 0.3 is 5.97 Å². The normalized spacial score (nSPS) is 10.2. The molecular formula is C14H18N2O4S. The lowest BCUT2D eigenvalue weighted by Crippen LogP contribution is -2.18. The van der Waals surface area contributed by atoms with Crippen LogP contribution < -0.4 is 10.6 Å². The highest BCUT2D eigenvalue weighted by Gasteiger charge is 2.08. The smallest absolute Gasteiger partial charge is 0.313 e. The quantitative estimate of drug-likeness (QED) is 0.716. The molecule has 0 spiro atoms. The molecule has 114 valence electrons. The zero-order valence-electron chi connectivity index (χ0n) is 11.9. The Kier molecular flexibility index (Phi) is 6.74. The summed E-state index contributed by atoms with van der Waals surface area (Å²) in [5.74, 6) is -1.41. The van der Waals surface area contributed by atoms with E-state index in [0.717, 1.165) is 11.8 Å². The van der Waals surface area contributed by atoms with Gasteiger partial charge in [0.05, 0.1) is 11.5 Å². The van der Waals surface area contributed by atoms with Crippen LogP contribution in [0.1, 0.15) is 13.8 Å². The number of carbonyl (C=O) groups is 3. The number of carbonyl (C=O) groups excluding carboxylic acids is 2. The van der Waals surface area contributed by atoms with Crippen molar-refractivity contribution < 1.29 is 19.5 Å². The molecule has 0 bridgehead atoms. The topological polar surface area (TPSA) is 95.5 Å². The number of amides is 2. The molecule has 0 unspecified atom stereocenters. The summed E-state index contributed by atoms with van der Waals surface area (Å²) in [5, 5.41) is 13.9. The number of thioether (sulfide) groups is 1. The van der Waals surface area contributed by atoms with E-state index in [2.05, 4.69) is 10.6 Å². The summed E-state index contributed by atoms with van der Waals surface area (Å²) in [5.41, 5.74) is 1.26. The Morgan fingerprint density at radius 2 is 1.57 bits per heavy atom. The van der Waals surface area contributed by atoms with Gasteiger partial charge in [0.2, 0.25) is 11.8 Å². The Morgan fingerprint density at radius 1 is 1.05 bits per heavy atom. The van der Waals surface area contributed by atoms with Gasteiger partial charge in [-0.05, 0) is 24.3 Å². The van der Waals surface area contributed by atoms with Gasteiger partial charge in [-0.3, -0.25) is 14.4 Å². The second-order valence-electron chi connectivity index (χ2n) is 4.66. The number of benzene rings is 1. The Morgan fingerprint density at radius 3 is 2.05 bits per heavy atom. The van der Waals surface area contributed by atoms with E-state index < -0.39 is 5.97 Å². The van der Waals surface area contributed by atoms with Crippen LogP contribution in [-0.4, -0.2) is 34.4 Å². The lowest BCUT2D eigenvalue weighted by molar-refractivity contribution is -0.133. The van der Waals surface area contributed by atoms with Crippen molar-refractivity contribution >= 4 is 40.9 Å². The van der Waals surface area contributed by atoms with E-state index in [-0.39, 0.29) is 29.2 Å². The molecule has 0 heterocycles. The second kappa shape index (κ2) is 8.31. The van der Waals surface area contributed by atoms with Gasteiger partial charge in [-0.2, -0.15) is 0 Å². The van der Waals surface area contributed by atoms with Crippen molar-refractivity contribution in [1.82, 2.24) is 0 Å². The van der Waals surface area contributed by atoms with Gasteiger partial charge in [0, 0.05) is 17.3 Å². The first kappa shape index (κ1) is 17.0. The molecule has 0 saturated heterocycles. The maximum atomic E-state index is 11.6. The fourth-order valence-corrected chi connectivity index (χ4v) is 1.89. The van der Waals surface area contributed by atoms with E-state index in [1.165, 1.54) is 0 Å². The minimum Gasteiger partial charge on any atom is -0.481 e. The Bertz CT molecular complexity index is 514. The molecule has 0 fully saturated rings. The van der Waals surface area contributed by atoms with Crippen LogP contribution in [0.2, 0.25) is 0 Å². The molecule has 1 aromatic carbocycles. The summed E-state index contributed by atoms with van der Waals surface area (Å²) in [4.78, 5) is 33.4. The molecule has 3 N–H and O–H groups in total. The lowest BCUT2D eigenvalue weighted by atomic mass is 10.2. The van der Waals surface area contributed by atoms with E-state index in [4.69, 9.17) is 5.11 Å². The summed E-state index contributed by atoms with van der Waals surface area (Å²) in [6.45, 7) is 3.61. The van der Waals surface area contributed by atoms with Crippen LogP contribution in [0.5, 0.6) is 0 Å². The molecule has 0 saturated carbocycles. The van der Waals surface area contributed by atoms with Crippen LogP contribution in [-0.2, 0) is 14.4 Å². The number of carboxylic acid groups (broad SMARTS) is 1. The van der Waals surface area contributed by atoms with Crippen molar-refractivity contribution in [3.63, 3.8) is 0 Å². The summed E-state index contributed by atoms with van der Waals surface area (Å²) < 4.78 is 0. The number of hydrogen-bond acceptors (Lipinski definition) is 4. The highest BCUT2D eigenvalue weighted by Crippen LogP contribution is 2.15. The SMILES string of the molecule is CC(C)C(=O)Nc1ccc(NC(=O)CSCC(=O)O)cc1. The number of carboxylic acids is 1. The average Bonchev–Trinajstić information content (AvgIpc) is 2.40. The van der Waals surface area contributed by atoms with Crippen LogP contribution in [0.25, 0.3) is 0 Å². The van der Waals surface area contributed by atoms with Crippen molar-refractivity contribution in [2.75, 3.05) is 22.1 Å². The maximum Gasteiger partial charge on any atom is 0.313 e. The van der Waals surface area contributed by atoms with Crippen molar-refractivity contribution in [2.45, 2.75) is 13.8 Å². The highest BCUT2D eigenvalue weighted by molar-refractivity contribution is 8.00. The summed E-state index contributed by atoms with van der Waals surface area (Å²) >= 11 is 1.03. The predicted octanol–water partition coefficient (Wildman–Crippen LogP) is 2.04. The van der Waals surface area contributed by atoms with Crippen LogP contribution in [0.4, 0.5) is 11.4 Å². The number of anilines is 2. The molecule has 21 heavy (non-hydrogen) atoms. The summed E-state index contributed by atoms with van der Waals surface area (Å²) in [7, 11) is 0. The Labute approximate surface area is 127 Å². The number of rotatable bonds is 7. The Balaban J connectivity index is 2.45. The van der Waals surface area contributed by atoms with Gasteiger partial charge in [-0.25, -0.2) is 0 Å². The Hall–Kier alpha value is -2.02. The van der Waals surface area contributed by atoms with E-state index in [1.54, 1.807) is 38.1 Å². The average molecular weight is 310 g/mol. The van der Waals surface area contributed by atoms with Crippen molar-refractivity contribution in [2.24, 2.45) is 5.92 Å². The minimum absolute atomic E-state index is 0.0724. The van der Waals surface area contributed by atoms with Crippen LogP contribution >= 0.6 is 11.8 Å². The number of aliphatic carboxylic acids is 1. The monoisotopic (exact) mass is 310 g/mol. The molecule has 0 aliphatic carbocycles. The first-order valence-electron chi connectivity index (χ1n) is 6.39. The molecule has 1 aromatic rings. The fourth-order valence-electron chi connectivity index (χ4n) is 1.35. The van der Waals surface area contributed by atoms with E-state index in [0.29, 0.717) is 11.4 Å². The van der Waals surface area contributed by atoms with Crippen molar-refractivity contribution in [3.05, 3.63) is 24.3 Å². The molecule has 1 rings (SSSR count). The predicted molar refractivity (Wildman–Crippen MR) is 83.5 cm³/mol. The molecule has 0 radical (unpaired) electrons. The lowest BCUT2D eigenvalue weighted by Gasteiger charge is -2.09. The summed E-state index contributed by atoms with van der Waals surface area (Å²) in [6.07, 6.45) is 0. The molecule has 2 amide bonds. The standard InChI is InChI=1S/C14H18N2O4S/c1-9(2)14(20)16-11-5-3-10(4-6-11)15-12(17)7-21-8-13(18)19/h3-6,9H,7-8H2,1-2H3,(H,15,17)(H,16,20)(H,18,19). The van der Waals surface area contributed by atoms with E-state index in [9.17, 15) is 14.4 Å². The first-order chi connectivity index (χ1) is 9.88. The van der Waals surface area contributed by atoms with Crippen LogP contribution in [0.3, 0.4) is 0 Å². The minimum atomic E-state index is -0.946. The zero-order chi connectivity index (χ0) is 15.8. The third kappa shape index (κ3) is 6.80. The maximum absolute atomic E-state index is 11.6. The zero-order valence-corrected chi connectivity index (χ0v) is 12.7. The second-order valence-corrected chi connectivity index (χ2v) is 5.64. The van der Waals surface area contributed by atoms with Gasteiger partial charge in [0.15, 0.2) is 0 Å². The third-order valence-corrected chi connectivity index (χ3v) is 3.34. The molecule has 0 atom stereocenters. The molecule has 0 aliphatic heterocycles. The molecule has 0 aliphatic rings. The summed E-state index contributed by atoms with van der Waals surface area (Å²) in [6, 6.07) is 6.74. The van der Waals surface area contributed by atoms with Gasteiger partial charge in [-0.1, -0.05) is 13.8 Å². The van der Waals surface area contributed by atoms with Gasteiger partial charge < -0.3 is 15.7 Å². The molecular weight excluding hydrogens is 292 g/mol. The van der Waals surface area contributed by atoms with Crippen LogP contribution in [0.15, 0.2) is 24.3 Å². The van der Waals surface area contributed by atoms with E-state index in [1.807, 2.05) is 0 Å². The third-order valence-electron chi connectivity index (χ3n) is 2.42. The molecule has 7 heteroatoms. The molecule has 6 nitrogen and oxygen atoms in total. The molecule has 0 aromatic heterocycles. The van der Waals surface area contributed by atoms with E-state index >= 15 is 0 Å². The van der Waals surface area contributed by atoms with Gasteiger partial charge in [0.1, 0.15) is 0 Å². The largest absolute Gasteiger partial charge is 0.481 e.